The highest BCUT2D eigenvalue weighted by Gasteiger charge is 2.20. The van der Waals surface area contributed by atoms with Crippen LogP contribution in [0, 0.1) is 0 Å². The van der Waals surface area contributed by atoms with Gasteiger partial charge in [-0.15, -0.1) is 0 Å². The number of nitrogens with zero attached hydrogens (tertiary/aromatic N) is 8. The maximum Gasteiger partial charge on any atom is 0.261 e. The predicted molar refractivity (Wildman–Crippen MR) is 117 cm³/mol. The van der Waals surface area contributed by atoms with Gasteiger partial charge in [-0.25, -0.2) is 14.6 Å². The predicted octanol–water partition coefficient (Wildman–Crippen LogP) is 0.691. The molecule has 10 nitrogen and oxygen atoms in total. The molecule has 0 atom stereocenters. The molecule has 0 spiro atoms. The lowest BCUT2D eigenvalue weighted by atomic mass is 10.2. The highest BCUT2D eigenvalue weighted by Crippen LogP contribution is 2.22. The maximum absolute atomic E-state index is 12.5. The van der Waals surface area contributed by atoms with Gasteiger partial charge in [0.15, 0.2) is 5.82 Å². The number of hydrogen-bond acceptors (Lipinski definition) is 8. The van der Waals surface area contributed by atoms with Crippen molar-refractivity contribution >= 4 is 22.4 Å². The van der Waals surface area contributed by atoms with E-state index in [-0.39, 0.29) is 18.7 Å². The molecule has 0 aliphatic carbocycles. The molecule has 1 aromatic carbocycles. The van der Waals surface area contributed by atoms with E-state index in [2.05, 4.69) is 24.9 Å². The lowest BCUT2D eigenvalue weighted by Crippen LogP contribution is -2.47. The van der Waals surface area contributed by atoms with E-state index in [1.54, 1.807) is 23.3 Å². The second-order valence-electron chi connectivity index (χ2n) is 7.33. The van der Waals surface area contributed by atoms with Gasteiger partial charge in [0.1, 0.15) is 5.82 Å². The summed E-state index contributed by atoms with van der Waals surface area (Å²) < 4.78 is 3.13. The van der Waals surface area contributed by atoms with Crippen LogP contribution in [0.15, 0.2) is 60.2 Å². The number of rotatable bonds is 5. The van der Waals surface area contributed by atoms with Gasteiger partial charge >= 0.3 is 0 Å². The number of aliphatic hydroxyl groups excluding tert-OH is 1. The maximum atomic E-state index is 12.5. The molecule has 4 aromatic rings. The fraction of sp³-hybridized carbons (Fsp3) is 0.286. The van der Waals surface area contributed by atoms with E-state index in [9.17, 15) is 4.79 Å². The molecule has 1 saturated heterocycles. The molecule has 0 amide bonds. The third-order valence-corrected chi connectivity index (χ3v) is 5.47. The van der Waals surface area contributed by atoms with Crippen LogP contribution in [0.3, 0.4) is 0 Å². The van der Waals surface area contributed by atoms with Crippen LogP contribution in [0.4, 0.5) is 11.5 Å². The Morgan fingerprint density at radius 2 is 1.84 bits per heavy atom. The molecule has 0 radical (unpaired) electrons. The van der Waals surface area contributed by atoms with Gasteiger partial charge in [-0.1, -0.05) is 0 Å². The third kappa shape index (κ3) is 3.73. The summed E-state index contributed by atoms with van der Waals surface area (Å²) in [7, 11) is 0. The van der Waals surface area contributed by atoms with Crippen molar-refractivity contribution in [1.82, 2.24) is 29.3 Å². The highest BCUT2D eigenvalue weighted by atomic mass is 16.3. The Balaban J connectivity index is 1.31. The topological polar surface area (TPSA) is 105 Å². The fourth-order valence-corrected chi connectivity index (χ4v) is 3.82. The first-order valence-electron chi connectivity index (χ1n) is 10.1. The number of aromatic nitrogens is 6. The van der Waals surface area contributed by atoms with Crippen LogP contribution in [-0.4, -0.2) is 67.2 Å². The van der Waals surface area contributed by atoms with Gasteiger partial charge in [-0.2, -0.15) is 5.10 Å². The van der Waals surface area contributed by atoms with Crippen LogP contribution >= 0.6 is 0 Å². The normalized spacial score (nSPS) is 14.4. The van der Waals surface area contributed by atoms with E-state index in [0.717, 1.165) is 37.7 Å². The van der Waals surface area contributed by atoms with Crippen molar-refractivity contribution < 1.29 is 5.11 Å². The second kappa shape index (κ2) is 8.15. The summed E-state index contributed by atoms with van der Waals surface area (Å²) in [5.41, 5.74) is 1.57. The van der Waals surface area contributed by atoms with E-state index in [4.69, 9.17) is 10.1 Å². The number of anilines is 2. The molecule has 1 aliphatic heterocycles. The number of hydrogen-bond donors (Lipinski definition) is 1. The first kappa shape index (κ1) is 19.2. The fourth-order valence-electron chi connectivity index (χ4n) is 3.82. The average Bonchev–Trinajstić information content (AvgIpc) is 3.36. The summed E-state index contributed by atoms with van der Waals surface area (Å²) in [5, 5.41) is 13.9. The first-order valence-corrected chi connectivity index (χ1v) is 10.1. The second-order valence-corrected chi connectivity index (χ2v) is 7.33. The Bertz CT molecular complexity index is 1250. The zero-order chi connectivity index (χ0) is 21.2. The standard InChI is InChI=1S/C21H22N8O2/c30-11-10-28-15-23-18-12-16(2-3-17(18)21(28)31)26-6-8-27(9-7-26)19-13-22-14-20(25-19)29-5-1-4-24-29/h1-5,12-15,30H,6-11H2. The average molecular weight is 418 g/mol. The minimum atomic E-state index is -0.133. The zero-order valence-corrected chi connectivity index (χ0v) is 16.9. The SMILES string of the molecule is O=c1c2ccc(N3CCN(c4cncc(-n5cccn5)n4)CC3)cc2ncn1CCO. The van der Waals surface area contributed by atoms with Gasteiger partial charge in [0.25, 0.3) is 5.56 Å². The van der Waals surface area contributed by atoms with Crippen LogP contribution in [0.2, 0.25) is 0 Å². The molecule has 1 N–H and O–H groups in total. The van der Waals surface area contributed by atoms with Gasteiger partial charge in [0.2, 0.25) is 0 Å². The van der Waals surface area contributed by atoms with Gasteiger partial charge in [0.05, 0.1) is 42.8 Å². The van der Waals surface area contributed by atoms with Crippen LogP contribution in [-0.2, 0) is 6.54 Å². The first-order chi connectivity index (χ1) is 15.2. The van der Waals surface area contributed by atoms with Crippen LogP contribution < -0.4 is 15.4 Å². The molecule has 10 heteroatoms. The Morgan fingerprint density at radius 3 is 2.61 bits per heavy atom. The minimum absolute atomic E-state index is 0.0926. The number of fused-ring (bicyclic) bond motifs is 1. The molecule has 0 unspecified atom stereocenters. The summed E-state index contributed by atoms with van der Waals surface area (Å²) in [4.78, 5) is 30.4. The van der Waals surface area contributed by atoms with E-state index in [1.165, 1.54) is 10.9 Å². The largest absolute Gasteiger partial charge is 0.395 e. The van der Waals surface area contributed by atoms with Gasteiger partial charge in [-0.3, -0.25) is 14.3 Å². The molecule has 3 aromatic heterocycles. The summed E-state index contributed by atoms with van der Waals surface area (Å²) >= 11 is 0. The third-order valence-electron chi connectivity index (χ3n) is 5.47. The monoisotopic (exact) mass is 418 g/mol. The molecule has 158 valence electrons. The van der Waals surface area contributed by atoms with Crippen molar-refractivity contribution in [3.05, 3.63) is 65.7 Å². The highest BCUT2D eigenvalue weighted by molar-refractivity contribution is 5.81. The van der Waals surface area contributed by atoms with E-state index >= 15 is 0 Å². The van der Waals surface area contributed by atoms with E-state index in [0.29, 0.717) is 16.7 Å². The molecule has 31 heavy (non-hydrogen) atoms. The minimum Gasteiger partial charge on any atom is -0.395 e. The molecule has 0 saturated carbocycles. The summed E-state index contributed by atoms with van der Waals surface area (Å²) in [6, 6.07) is 7.59. The summed E-state index contributed by atoms with van der Waals surface area (Å²) in [5.74, 6) is 1.52. The van der Waals surface area contributed by atoms with Crippen LogP contribution in [0.5, 0.6) is 0 Å². The van der Waals surface area contributed by atoms with Gasteiger partial charge < -0.3 is 14.9 Å². The lowest BCUT2D eigenvalue weighted by Gasteiger charge is -2.36. The lowest BCUT2D eigenvalue weighted by molar-refractivity contribution is 0.274. The Kier molecular flexibility index (Phi) is 5.04. The molecule has 1 fully saturated rings. The molecule has 5 rings (SSSR count). The number of piperazine rings is 1. The van der Waals surface area contributed by atoms with E-state index < -0.39 is 0 Å². The molecular formula is C21H22N8O2. The molecule has 0 bridgehead atoms. The van der Waals surface area contributed by atoms with Gasteiger partial charge in [0, 0.05) is 44.3 Å². The Morgan fingerprint density at radius 1 is 1.03 bits per heavy atom. The number of benzene rings is 1. The van der Waals surface area contributed by atoms with Crippen molar-refractivity contribution in [2.24, 2.45) is 0 Å². The quantitative estimate of drug-likeness (QED) is 0.505. The van der Waals surface area contributed by atoms with Crippen molar-refractivity contribution in [1.29, 1.82) is 0 Å². The summed E-state index contributed by atoms with van der Waals surface area (Å²) in [6.07, 6.45) is 8.53. The van der Waals surface area contributed by atoms with Gasteiger partial charge in [-0.05, 0) is 24.3 Å². The molecule has 1 aliphatic rings. The van der Waals surface area contributed by atoms with E-state index in [1.807, 2.05) is 30.5 Å². The number of aliphatic hydroxyl groups is 1. The van der Waals surface area contributed by atoms with Crippen molar-refractivity contribution in [3.8, 4) is 5.82 Å². The van der Waals surface area contributed by atoms with Crippen LogP contribution in [0.1, 0.15) is 0 Å². The summed E-state index contributed by atoms with van der Waals surface area (Å²) in [6.45, 7) is 3.41. The zero-order valence-electron chi connectivity index (χ0n) is 16.9. The van der Waals surface area contributed by atoms with Crippen LogP contribution in [0.25, 0.3) is 16.7 Å². The Labute approximate surface area is 178 Å². The molecular weight excluding hydrogens is 396 g/mol. The van der Waals surface area contributed by atoms with Crippen molar-refractivity contribution in [2.75, 3.05) is 42.6 Å². The Hall–Kier alpha value is -3.79. The molecule has 4 heterocycles. The van der Waals surface area contributed by atoms with Crippen molar-refractivity contribution in [3.63, 3.8) is 0 Å². The smallest absolute Gasteiger partial charge is 0.261 e. The van der Waals surface area contributed by atoms with Crippen molar-refractivity contribution in [2.45, 2.75) is 6.54 Å².